The lowest BCUT2D eigenvalue weighted by Crippen LogP contribution is -2.30. The zero-order valence-corrected chi connectivity index (χ0v) is 12.6. The highest BCUT2D eigenvalue weighted by Crippen LogP contribution is 2.34. The van der Waals surface area contributed by atoms with E-state index in [9.17, 15) is 4.79 Å². The molecule has 20 heavy (non-hydrogen) atoms. The summed E-state index contributed by atoms with van der Waals surface area (Å²) in [5.41, 5.74) is 1.90. The molecule has 1 aliphatic rings. The molecule has 0 radical (unpaired) electrons. The van der Waals surface area contributed by atoms with Crippen molar-refractivity contribution in [2.45, 2.75) is 18.9 Å². The Bertz CT molecular complexity index is 615. The van der Waals surface area contributed by atoms with Gasteiger partial charge in [0.15, 0.2) is 0 Å². The van der Waals surface area contributed by atoms with Gasteiger partial charge in [-0.05, 0) is 42.7 Å². The molecule has 2 aromatic rings. The largest absolute Gasteiger partial charge is 0.332 e. The summed E-state index contributed by atoms with van der Waals surface area (Å²) < 4.78 is 1.05. The summed E-state index contributed by atoms with van der Waals surface area (Å²) in [5.74, 6) is 0.0925. The van der Waals surface area contributed by atoms with Crippen LogP contribution in [0.4, 0.5) is 0 Å². The summed E-state index contributed by atoms with van der Waals surface area (Å²) in [6, 6.07) is 11.9. The highest BCUT2D eigenvalue weighted by atomic mass is 79.9. The van der Waals surface area contributed by atoms with Crippen LogP contribution >= 0.6 is 15.9 Å². The number of aromatic nitrogens is 1. The number of pyridine rings is 1. The molecule has 0 spiro atoms. The van der Waals surface area contributed by atoms with Gasteiger partial charge in [0.2, 0.25) is 0 Å². The SMILES string of the molecule is O=C(c1ccncc1)N1CCC[C@H]1c1cccc(Br)c1. The zero-order valence-electron chi connectivity index (χ0n) is 11.0. The number of hydrogen-bond acceptors (Lipinski definition) is 2. The molecule has 102 valence electrons. The van der Waals surface area contributed by atoms with Gasteiger partial charge < -0.3 is 4.90 Å². The summed E-state index contributed by atoms with van der Waals surface area (Å²) in [6.45, 7) is 0.818. The van der Waals surface area contributed by atoms with Crippen LogP contribution in [0.25, 0.3) is 0 Å². The first kappa shape index (κ1) is 13.3. The Morgan fingerprint density at radius 3 is 2.80 bits per heavy atom. The van der Waals surface area contributed by atoms with Gasteiger partial charge in [-0.25, -0.2) is 0 Å². The predicted molar refractivity (Wildman–Crippen MR) is 81.4 cm³/mol. The van der Waals surface area contributed by atoms with Crippen LogP contribution in [0.2, 0.25) is 0 Å². The number of hydrogen-bond donors (Lipinski definition) is 0. The minimum atomic E-state index is 0.0925. The molecule has 3 nitrogen and oxygen atoms in total. The van der Waals surface area contributed by atoms with Crippen molar-refractivity contribution >= 4 is 21.8 Å². The Morgan fingerprint density at radius 1 is 1.25 bits per heavy atom. The fourth-order valence-electron chi connectivity index (χ4n) is 2.73. The Morgan fingerprint density at radius 2 is 2.05 bits per heavy atom. The summed E-state index contributed by atoms with van der Waals surface area (Å²) in [5, 5.41) is 0. The first-order valence-electron chi connectivity index (χ1n) is 6.72. The van der Waals surface area contributed by atoms with E-state index in [-0.39, 0.29) is 11.9 Å². The van der Waals surface area contributed by atoms with Crippen molar-refractivity contribution in [1.82, 2.24) is 9.88 Å². The highest BCUT2D eigenvalue weighted by molar-refractivity contribution is 9.10. The third-order valence-electron chi connectivity index (χ3n) is 3.67. The van der Waals surface area contributed by atoms with Crippen LogP contribution in [0, 0.1) is 0 Å². The Hall–Kier alpha value is -1.68. The second kappa shape index (κ2) is 5.75. The first-order valence-corrected chi connectivity index (χ1v) is 7.51. The summed E-state index contributed by atoms with van der Waals surface area (Å²) in [4.78, 5) is 18.5. The molecule has 1 amide bonds. The second-order valence-electron chi connectivity index (χ2n) is 4.95. The average molecular weight is 331 g/mol. The van der Waals surface area contributed by atoms with Crippen molar-refractivity contribution < 1.29 is 4.79 Å². The van der Waals surface area contributed by atoms with Crippen LogP contribution in [0.3, 0.4) is 0 Å². The molecule has 4 heteroatoms. The Kier molecular flexibility index (Phi) is 3.83. The monoisotopic (exact) mass is 330 g/mol. The van der Waals surface area contributed by atoms with Gasteiger partial charge in [0.25, 0.3) is 5.91 Å². The Balaban J connectivity index is 1.88. The smallest absolute Gasteiger partial charge is 0.254 e. The van der Waals surface area contributed by atoms with Gasteiger partial charge in [0, 0.05) is 29.0 Å². The molecule has 0 saturated carbocycles. The quantitative estimate of drug-likeness (QED) is 0.838. The van der Waals surface area contributed by atoms with Gasteiger partial charge in [-0.2, -0.15) is 0 Å². The van der Waals surface area contributed by atoms with Gasteiger partial charge in [0.1, 0.15) is 0 Å². The van der Waals surface area contributed by atoms with Crippen LogP contribution in [0.1, 0.15) is 34.8 Å². The van der Waals surface area contributed by atoms with E-state index >= 15 is 0 Å². The molecule has 1 aliphatic heterocycles. The van der Waals surface area contributed by atoms with E-state index in [0.29, 0.717) is 5.56 Å². The van der Waals surface area contributed by atoms with Crippen LogP contribution in [0.5, 0.6) is 0 Å². The standard InChI is InChI=1S/C16H15BrN2O/c17-14-4-1-3-13(11-14)15-5-2-10-19(15)16(20)12-6-8-18-9-7-12/h1,3-4,6-9,11,15H,2,5,10H2/t15-/m0/s1. The Labute approximate surface area is 126 Å². The number of halogens is 1. The molecule has 1 fully saturated rings. The van der Waals surface area contributed by atoms with Crippen molar-refractivity contribution in [3.8, 4) is 0 Å². The van der Waals surface area contributed by atoms with Crippen molar-refractivity contribution in [1.29, 1.82) is 0 Å². The minimum absolute atomic E-state index is 0.0925. The lowest BCUT2D eigenvalue weighted by molar-refractivity contribution is 0.0735. The van der Waals surface area contributed by atoms with Crippen LogP contribution in [-0.4, -0.2) is 22.3 Å². The number of carbonyl (C=O) groups excluding carboxylic acids is 1. The lowest BCUT2D eigenvalue weighted by atomic mass is 10.0. The van der Waals surface area contributed by atoms with Crippen molar-refractivity contribution in [3.05, 3.63) is 64.4 Å². The van der Waals surface area contributed by atoms with Gasteiger partial charge in [-0.3, -0.25) is 9.78 Å². The maximum atomic E-state index is 12.6. The third-order valence-corrected chi connectivity index (χ3v) is 4.17. The molecule has 0 N–H and O–H groups in total. The van der Waals surface area contributed by atoms with Gasteiger partial charge in [-0.15, -0.1) is 0 Å². The highest BCUT2D eigenvalue weighted by Gasteiger charge is 2.30. The molecule has 1 aromatic carbocycles. The van der Waals surface area contributed by atoms with Gasteiger partial charge in [0.05, 0.1) is 6.04 Å². The minimum Gasteiger partial charge on any atom is -0.332 e. The molecular weight excluding hydrogens is 316 g/mol. The first-order chi connectivity index (χ1) is 9.75. The van der Waals surface area contributed by atoms with E-state index in [0.717, 1.165) is 23.9 Å². The fourth-order valence-corrected chi connectivity index (χ4v) is 3.15. The third kappa shape index (κ3) is 2.61. The number of likely N-dealkylation sites (tertiary alicyclic amines) is 1. The number of nitrogens with zero attached hydrogens (tertiary/aromatic N) is 2. The van der Waals surface area contributed by atoms with E-state index in [1.165, 1.54) is 5.56 Å². The zero-order chi connectivity index (χ0) is 13.9. The van der Waals surface area contributed by atoms with E-state index in [4.69, 9.17) is 0 Å². The second-order valence-corrected chi connectivity index (χ2v) is 5.86. The molecule has 3 rings (SSSR count). The normalized spacial score (nSPS) is 18.2. The van der Waals surface area contributed by atoms with Gasteiger partial charge >= 0.3 is 0 Å². The molecular formula is C16H15BrN2O. The summed E-state index contributed by atoms with van der Waals surface area (Å²) in [7, 11) is 0. The molecule has 0 unspecified atom stereocenters. The molecule has 1 saturated heterocycles. The van der Waals surface area contributed by atoms with Crippen LogP contribution in [-0.2, 0) is 0 Å². The van der Waals surface area contributed by atoms with Crippen molar-refractivity contribution in [3.63, 3.8) is 0 Å². The maximum absolute atomic E-state index is 12.6. The fraction of sp³-hybridized carbons (Fsp3) is 0.250. The van der Waals surface area contributed by atoms with E-state index in [2.05, 4.69) is 33.0 Å². The molecule has 1 aromatic heterocycles. The molecule has 2 heterocycles. The summed E-state index contributed by atoms with van der Waals surface area (Å²) >= 11 is 3.50. The molecule has 0 aliphatic carbocycles. The number of rotatable bonds is 2. The lowest BCUT2D eigenvalue weighted by Gasteiger charge is -2.25. The van der Waals surface area contributed by atoms with Crippen molar-refractivity contribution in [2.24, 2.45) is 0 Å². The summed E-state index contributed by atoms with van der Waals surface area (Å²) in [6.07, 6.45) is 5.40. The van der Waals surface area contributed by atoms with Crippen molar-refractivity contribution in [2.75, 3.05) is 6.54 Å². The van der Waals surface area contributed by atoms with E-state index < -0.39 is 0 Å². The van der Waals surface area contributed by atoms with E-state index in [1.807, 2.05) is 17.0 Å². The molecule has 1 atom stereocenters. The average Bonchev–Trinajstić information content (AvgIpc) is 2.97. The molecule has 0 bridgehead atoms. The van der Waals surface area contributed by atoms with E-state index in [1.54, 1.807) is 24.5 Å². The van der Waals surface area contributed by atoms with Gasteiger partial charge in [-0.1, -0.05) is 28.1 Å². The number of benzene rings is 1. The maximum Gasteiger partial charge on any atom is 0.254 e. The predicted octanol–water partition coefficient (Wildman–Crippen LogP) is 3.82. The van der Waals surface area contributed by atoms with Crippen LogP contribution in [0.15, 0.2) is 53.3 Å². The number of amides is 1. The van der Waals surface area contributed by atoms with Crippen LogP contribution < -0.4 is 0 Å². The topological polar surface area (TPSA) is 33.2 Å². The number of carbonyl (C=O) groups is 1.